The Bertz CT molecular complexity index is 431. The first-order chi connectivity index (χ1) is 8.98. The molecule has 0 N–H and O–H groups in total. The van der Waals surface area contributed by atoms with Crippen LogP contribution in [0.5, 0.6) is 0 Å². The van der Waals surface area contributed by atoms with Crippen LogP contribution in [0.4, 0.5) is 52.7 Å². The van der Waals surface area contributed by atoms with E-state index in [1.807, 2.05) is 0 Å². The van der Waals surface area contributed by atoms with Crippen molar-refractivity contribution in [2.75, 3.05) is 0 Å². The second-order valence-corrected chi connectivity index (χ2v) is 3.45. The van der Waals surface area contributed by atoms with Gasteiger partial charge in [-0.3, -0.25) is 4.79 Å². The van der Waals surface area contributed by atoms with E-state index in [1.165, 1.54) is 0 Å². The lowest BCUT2D eigenvalue weighted by Gasteiger charge is -2.36. The van der Waals surface area contributed by atoms with Gasteiger partial charge in [0.1, 0.15) is 6.29 Å². The van der Waals surface area contributed by atoms with Crippen LogP contribution in [0, 0.1) is 0 Å². The number of halogens is 12. The summed E-state index contributed by atoms with van der Waals surface area (Å²) in [4.78, 5) is 9.58. The minimum atomic E-state index is -7.70. The number of carbonyl (C=O) groups is 1. The van der Waals surface area contributed by atoms with E-state index < -0.39 is 48.1 Å². The molecule has 0 saturated heterocycles. The summed E-state index contributed by atoms with van der Waals surface area (Å²) in [6.45, 7) is 0. The summed E-state index contributed by atoms with van der Waals surface area (Å²) in [5.41, 5.74) is 0. The van der Waals surface area contributed by atoms with Gasteiger partial charge in [0.05, 0.1) is 0 Å². The van der Waals surface area contributed by atoms with Crippen molar-refractivity contribution in [2.24, 2.45) is 0 Å². The van der Waals surface area contributed by atoms with Gasteiger partial charge < -0.3 is 0 Å². The molecule has 0 unspecified atom stereocenters. The standard InChI is InChI=1S/C8H2F12O/c9-3(1-2-21)4(10,11)5(12,13)6(14,15)7(16,17)8(18,19)20/h1-2H/b3-1-. The Morgan fingerprint density at radius 3 is 1.33 bits per heavy atom. The fraction of sp³-hybridized carbons (Fsp3) is 0.625. The van der Waals surface area contributed by atoms with Crippen molar-refractivity contribution in [1.29, 1.82) is 0 Å². The molecule has 0 aliphatic carbocycles. The Balaban J connectivity index is 6.13. The summed E-state index contributed by atoms with van der Waals surface area (Å²) >= 11 is 0. The average molecular weight is 342 g/mol. The molecule has 0 atom stereocenters. The lowest BCUT2D eigenvalue weighted by molar-refractivity contribution is -0.419. The first-order valence-electron chi connectivity index (χ1n) is 4.38. The molecule has 0 aliphatic heterocycles. The Hall–Kier alpha value is -1.43. The van der Waals surface area contributed by atoms with Crippen LogP contribution in [0.15, 0.2) is 11.9 Å². The topological polar surface area (TPSA) is 17.1 Å². The summed E-state index contributed by atoms with van der Waals surface area (Å²) in [5.74, 6) is -33.2. The first-order valence-corrected chi connectivity index (χ1v) is 4.38. The van der Waals surface area contributed by atoms with Crippen molar-refractivity contribution < 1.29 is 57.5 Å². The molecule has 0 bridgehead atoms. The number of rotatable bonds is 5. The molecule has 0 fully saturated rings. The second-order valence-electron chi connectivity index (χ2n) is 3.45. The summed E-state index contributed by atoms with van der Waals surface area (Å²) in [6.07, 6.45) is -9.28. The van der Waals surface area contributed by atoms with Gasteiger partial charge in [0.2, 0.25) is 0 Å². The molecule has 0 amide bonds. The SMILES string of the molecule is O=C/C=C(\F)C(F)(F)C(F)(F)C(F)(F)C(F)(F)C(F)(F)F. The third-order valence-electron chi connectivity index (χ3n) is 2.05. The van der Waals surface area contributed by atoms with E-state index in [0.717, 1.165) is 0 Å². The summed E-state index contributed by atoms with van der Waals surface area (Å²) in [7, 11) is 0. The normalized spacial score (nSPS) is 16.1. The zero-order valence-electron chi connectivity index (χ0n) is 9.10. The van der Waals surface area contributed by atoms with Gasteiger partial charge >= 0.3 is 29.9 Å². The van der Waals surface area contributed by atoms with Gasteiger partial charge in [-0.05, 0) is 0 Å². The van der Waals surface area contributed by atoms with E-state index in [4.69, 9.17) is 0 Å². The quantitative estimate of drug-likeness (QED) is 0.417. The van der Waals surface area contributed by atoms with E-state index in [0.29, 0.717) is 0 Å². The molecule has 0 rings (SSSR count). The molecule has 13 heteroatoms. The Labute approximate surface area is 107 Å². The lowest BCUT2D eigenvalue weighted by atomic mass is 9.97. The third kappa shape index (κ3) is 2.69. The number of hydrogen-bond acceptors (Lipinski definition) is 1. The number of hydrogen-bond donors (Lipinski definition) is 0. The van der Waals surface area contributed by atoms with Crippen molar-refractivity contribution in [3.63, 3.8) is 0 Å². The molecule has 0 spiro atoms. The van der Waals surface area contributed by atoms with Crippen molar-refractivity contribution in [3.05, 3.63) is 11.9 Å². The molecule has 0 saturated carbocycles. The molecule has 0 aliphatic rings. The molecular weight excluding hydrogens is 340 g/mol. The molecule has 21 heavy (non-hydrogen) atoms. The lowest BCUT2D eigenvalue weighted by Crippen LogP contribution is -2.66. The monoisotopic (exact) mass is 342 g/mol. The molecule has 0 aromatic rings. The van der Waals surface area contributed by atoms with Crippen LogP contribution < -0.4 is 0 Å². The van der Waals surface area contributed by atoms with Gasteiger partial charge in [0.15, 0.2) is 5.83 Å². The van der Waals surface area contributed by atoms with Gasteiger partial charge in [-0.15, -0.1) is 0 Å². The van der Waals surface area contributed by atoms with Gasteiger partial charge in [0.25, 0.3) is 0 Å². The van der Waals surface area contributed by atoms with Crippen molar-refractivity contribution in [3.8, 4) is 0 Å². The average Bonchev–Trinajstić information content (AvgIpc) is 2.26. The zero-order chi connectivity index (χ0) is 17.5. The van der Waals surface area contributed by atoms with Crippen LogP contribution in [0.25, 0.3) is 0 Å². The van der Waals surface area contributed by atoms with Crippen LogP contribution in [0.3, 0.4) is 0 Å². The Morgan fingerprint density at radius 1 is 0.667 bits per heavy atom. The maximum atomic E-state index is 12.7. The van der Waals surface area contributed by atoms with Crippen LogP contribution in [0.2, 0.25) is 0 Å². The smallest absolute Gasteiger partial charge is 0.298 e. The van der Waals surface area contributed by atoms with Gasteiger partial charge in [-0.1, -0.05) is 0 Å². The highest BCUT2D eigenvalue weighted by molar-refractivity contribution is 5.66. The fourth-order valence-corrected chi connectivity index (χ4v) is 0.887. The van der Waals surface area contributed by atoms with Gasteiger partial charge in [-0.25, -0.2) is 4.39 Å². The molecule has 0 heterocycles. The Morgan fingerprint density at radius 2 is 1.05 bits per heavy atom. The van der Waals surface area contributed by atoms with E-state index in [9.17, 15) is 57.5 Å². The predicted molar refractivity (Wildman–Crippen MR) is 41.1 cm³/mol. The largest absolute Gasteiger partial charge is 0.460 e. The number of alkyl halides is 11. The maximum Gasteiger partial charge on any atom is 0.460 e. The molecule has 124 valence electrons. The molecule has 0 radical (unpaired) electrons. The van der Waals surface area contributed by atoms with Crippen LogP contribution in [-0.4, -0.2) is 36.2 Å². The van der Waals surface area contributed by atoms with Crippen LogP contribution in [-0.2, 0) is 4.79 Å². The summed E-state index contributed by atoms with van der Waals surface area (Å²) < 4.78 is 148. The fourth-order valence-electron chi connectivity index (χ4n) is 0.887. The second kappa shape index (κ2) is 5.09. The van der Waals surface area contributed by atoms with Crippen LogP contribution in [0.1, 0.15) is 0 Å². The minimum Gasteiger partial charge on any atom is -0.298 e. The Kier molecular flexibility index (Phi) is 4.74. The predicted octanol–water partition coefficient (Wildman–Crippen LogP) is 4.14. The first kappa shape index (κ1) is 19.6. The van der Waals surface area contributed by atoms with Crippen LogP contribution >= 0.6 is 0 Å². The van der Waals surface area contributed by atoms with Crippen molar-refractivity contribution in [2.45, 2.75) is 29.9 Å². The summed E-state index contributed by atoms with van der Waals surface area (Å²) in [6, 6.07) is 0. The number of carbonyl (C=O) groups excluding carboxylic acids is 1. The highest BCUT2D eigenvalue weighted by Gasteiger charge is 2.87. The van der Waals surface area contributed by atoms with E-state index >= 15 is 0 Å². The van der Waals surface area contributed by atoms with E-state index in [1.54, 1.807) is 0 Å². The van der Waals surface area contributed by atoms with Gasteiger partial charge in [-0.2, -0.15) is 48.3 Å². The van der Waals surface area contributed by atoms with Crippen molar-refractivity contribution >= 4 is 6.29 Å². The number of aldehydes is 1. The minimum absolute atomic E-state index is 0.931. The highest BCUT2D eigenvalue weighted by Crippen LogP contribution is 2.58. The maximum absolute atomic E-state index is 12.7. The zero-order valence-corrected chi connectivity index (χ0v) is 9.10. The molecule has 1 nitrogen and oxygen atoms in total. The molecular formula is C8H2F12O. The summed E-state index contributed by atoms with van der Waals surface area (Å²) in [5, 5.41) is 0. The van der Waals surface area contributed by atoms with Crippen molar-refractivity contribution in [1.82, 2.24) is 0 Å². The van der Waals surface area contributed by atoms with E-state index in [2.05, 4.69) is 0 Å². The third-order valence-corrected chi connectivity index (χ3v) is 2.05. The molecule has 0 aromatic heterocycles. The number of allylic oxidation sites excluding steroid dienone is 2. The van der Waals surface area contributed by atoms with Gasteiger partial charge in [0, 0.05) is 6.08 Å². The highest BCUT2D eigenvalue weighted by atomic mass is 19.4. The van der Waals surface area contributed by atoms with E-state index in [-0.39, 0.29) is 0 Å². The molecule has 0 aromatic carbocycles.